The molecule has 0 amide bonds. The van der Waals surface area contributed by atoms with Crippen LogP contribution >= 0.6 is 30.8 Å². The van der Waals surface area contributed by atoms with Crippen LogP contribution in [0.1, 0.15) is 11.1 Å². The van der Waals surface area contributed by atoms with Crippen molar-refractivity contribution in [3.8, 4) is 17.6 Å². The number of aldehydes is 1. The van der Waals surface area contributed by atoms with E-state index < -0.39 is 19.6 Å². The number of nitrogens with zero attached hydrogens (tertiary/aromatic N) is 2. The average Bonchev–Trinajstić information content (AvgIpc) is 2.62. The maximum atomic E-state index is 13.2. The molecular formula is C18H15Cl2N2O4P. The Bertz CT molecular complexity index is 928. The SMILES string of the molecule is Cc1cc(OP(=O)(CN=C(C#N)C=O)Oc2ccc(Cl)c(C)c2)ccc1Cl. The van der Waals surface area contributed by atoms with Gasteiger partial charge in [0, 0.05) is 10.0 Å². The van der Waals surface area contributed by atoms with Gasteiger partial charge in [-0.05, 0) is 61.4 Å². The molecule has 0 aliphatic carbocycles. The maximum absolute atomic E-state index is 13.2. The fourth-order valence-electron chi connectivity index (χ4n) is 2.01. The van der Waals surface area contributed by atoms with Crippen LogP contribution in [0.25, 0.3) is 0 Å². The fourth-order valence-corrected chi connectivity index (χ4v) is 3.59. The van der Waals surface area contributed by atoms with Gasteiger partial charge in [0.05, 0.1) is 0 Å². The van der Waals surface area contributed by atoms with Gasteiger partial charge in [-0.2, -0.15) is 5.26 Å². The summed E-state index contributed by atoms with van der Waals surface area (Å²) in [6, 6.07) is 11.1. The normalized spacial score (nSPS) is 11.6. The first-order valence-electron chi connectivity index (χ1n) is 7.66. The minimum Gasteiger partial charge on any atom is -0.415 e. The minimum atomic E-state index is -3.90. The number of carbonyl (C=O) groups is 1. The van der Waals surface area contributed by atoms with Crippen molar-refractivity contribution in [2.45, 2.75) is 13.8 Å². The Hall–Kier alpha value is -2.32. The van der Waals surface area contributed by atoms with E-state index >= 15 is 0 Å². The zero-order chi connectivity index (χ0) is 20.0. The Morgan fingerprint density at radius 2 is 1.59 bits per heavy atom. The first kappa shape index (κ1) is 21.0. The molecule has 0 heterocycles. The molecule has 0 radical (unpaired) electrons. The number of nitriles is 1. The minimum absolute atomic E-state index is 0.255. The van der Waals surface area contributed by atoms with E-state index in [1.807, 2.05) is 0 Å². The van der Waals surface area contributed by atoms with Crippen molar-refractivity contribution in [2.75, 3.05) is 6.29 Å². The molecule has 0 N–H and O–H groups in total. The molecule has 140 valence electrons. The molecule has 0 saturated heterocycles. The lowest BCUT2D eigenvalue weighted by atomic mass is 10.2. The number of rotatable bonds is 7. The van der Waals surface area contributed by atoms with Crippen molar-refractivity contribution in [1.29, 1.82) is 5.26 Å². The largest absolute Gasteiger partial charge is 0.452 e. The van der Waals surface area contributed by atoms with Crippen molar-refractivity contribution in [3.05, 3.63) is 57.6 Å². The van der Waals surface area contributed by atoms with Gasteiger partial charge < -0.3 is 9.05 Å². The van der Waals surface area contributed by atoms with Crippen LogP contribution in [-0.2, 0) is 9.36 Å². The van der Waals surface area contributed by atoms with Crippen LogP contribution in [-0.4, -0.2) is 18.3 Å². The summed E-state index contributed by atoms with van der Waals surface area (Å²) in [6.07, 6.45) is -0.249. The summed E-state index contributed by atoms with van der Waals surface area (Å²) in [5.41, 5.74) is 1.02. The second kappa shape index (κ2) is 9.05. The highest BCUT2D eigenvalue weighted by molar-refractivity contribution is 7.54. The molecule has 0 aliphatic rings. The third kappa shape index (κ3) is 5.83. The van der Waals surface area contributed by atoms with Gasteiger partial charge in [0.15, 0.2) is 18.3 Å². The van der Waals surface area contributed by atoms with Gasteiger partial charge in [0.1, 0.15) is 17.6 Å². The summed E-state index contributed by atoms with van der Waals surface area (Å²) in [5.74, 6) is 0.511. The number of aryl methyl sites for hydroxylation is 2. The molecule has 0 spiro atoms. The van der Waals surface area contributed by atoms with Gasteiger partial charge >= 0.3 is 7.60 Å². The van der Waals surface area contributed by atoms with Crippen LogP contribution in [0.2, 0.25) is 10.0 Å². The number of hydrogen-bond donors (Lipinski definition) is 0. The van der Waals surface area contributed by atoms with Gasteiger partial charge in [-0.15, -0.1) is 0 Å². The molecule has 0 aliphatic heterocycles. The Morgan fingerprint density at radius 3 is 1.96 bits per heavy atom. The summed E-state index contributed by atoms with van der Waals surface area (Å²) >= 11 is 12.0. The van der Waals surface area contributed by atoms with Crippen LogP contribution in [0, 0.1) is 25.2 Å². The lowest BCUT2D eigenvalue weighted by Gasteiger charge is -2.19. The highest BCUT2D eigenvalue weighted by atomic mass is 35.5. The fraction of sp³-hybridized carbons (Fsp3) is 0.167. The third-order valence-electron chi connectivity index (χ3n) is 3.39. The predicted molar refractivity (Wildman–Crippen MR) is 105 cm³/mol. The molecule has 27 heavy (non-hydrogen) atoms. The molecule has 9 heteroatoms. The van der Waals surface area contributed by atoms with E-state index in [1.54, 1.807) is 44.2 Å². The van der Waals surface area contributed by atoms with E-state index in [0.29, 0.717) is 10.0 Å². The Labute approximate surface area is 166 Å². The molecule has 6 nitrogen and oxygen atoms in total. The summed E-state index contributed by atoms with van der Waals surface area (Å²) in [5, 5.41) is 9.87. The number of aliphatic imine (C=N–C) groups is 1. The lowest BCUT2D eigenvalue weighted by molar-refractivity contribution is -0.102. The van der Waals surface area contributed by atoms with Crippen LogP contribution in [0.15, 0.2) is 41.4 Å². The summed E-state index contributed by atoms with van der Waals surface area (Å²) in [6.45, 7) is 3.53. The molecule has 2 rings (SSSR count). The number of halogens is 2. The summed E-state index contributed by atoms with van der Waals surface area (Å²) in [4.78, 5) is 14.5. The maximum Gasteiger partial charge on any atom is 0.452 e. The average molecular weight is 425 g/mol. The Balaban J connectivity index is 2.37. The molecule has 0 atom stereocenters. The molecule has 2 aromatic carbocycles. The first-order chi connectivity index (χ1) is 12.8. The molecule has 0 fully saturated rings. The smallest absolute Gasteiger partial charge is 0.415 e. The Kier molecular flexibility index (Phi) is 7.04. The molecular weight excluding hydrogens is 410 g/mol. The van der Waals surface area contributed by atoms with Crippen molar-refractivity contribution < 1.29 is 18.4 Å². The summed E-state index contributed by atoms with van der Waals surface area (Å²) < 4.78 is 24.4. The van der Waals surface area contributed by atoms with Crippen molar-refractivity contribution >= 4 is 42.8 Å². The highest BCUT2D eigenvalue weighted by Gasteiger charge is 2.29. The van der Waals surface area contributed by atoms with E-state index in [0.717, 1.165) is 11.1 Å². The van der Waals surface area contributed by atoms with Crippen molar-refractivity contribution in [1.82, 2.24) is 0 Å². The number of carbonyl (C=O) groups excluding carboxylic acids is 1. The van der Waals surface area contributed by atoms with Gasteiger partial charge in [0.25, 0.3) is 0 Å². The molecule has 0 unspecified atom stereocenters. The van der Waals surface area contributed by atoms with E-state index in [9.17, 15) is 9.36 Å². The van der Waals surface area contributed by atoms with Gasteiger partial charge in [-0.1, -0.05) is 23.2 Å². The predicted octanol–water partition coefficient (Wildman–Crippen LogP) is 5.38. The van der Waals surface area contributed by atoms with E-state index in [1.165, 1.54) is 12.1 Å². The zero-order valence-corrected chi connectivity index (χ0v) is 16.9. The Morgan fingerprint density at radius 1 is 1.11 bits per heavy atom. The van der Waals surface area contributed by atoms with Crippen LogP contribution in [0.4, 0.5) is 0 Å². The standard InChI is InChI=1S/C18H15Cl2N2O4P/c1-12-7-15(3-5-17(12)19)25-27(24,11-22-14(9-21)10-23)26-16-4-6-18(20)13(2)8-16/h3-8,10H,11H2,1-2H3. The first-order valence-corrected chi connectivity index (χ1v) is 10.1. The topological polar surface area (TPSA) is 88.8 Å². The van der Waals surface area contributed by atoms with Crippen LogP contribution in [0.3, 0.4) is 0 Å². The quantitative estimate of drug-likeness (QED) is 0.338. The van der Waals surface area contributed by atoms with Crippen LogP contribution in [0.5, 0.6) is 11.5 Å². The van der Waals surface area contributed by atoms with E-state index in [-0.39, 0.29) is 17.8 Å². The van der Waals surface area contributed by atoms with Gasteiger partial charge in [-0.3, -0.25) is 9.79 Å². The monoisotopic (exact) mass is 424 g/mol. The summed E-state index contributed by atoms with van der Waals surface area (Å²) in [7, 11) is -3.90. The second-order valence-electron chi connectivity index (χ2n) is 5.53. The van der Waals surface area contributed by atoms with Crippen LogP contribution < -0.4 is 9.05 Å². The number of benzene rings is 2. The van der Waals surface area contributed by atoms with Gasteiger partial charge in [0.2, 0.25) is 0 Å². The third-order valence-corrected chi connectivity index (χ3v) is 5.70. The van der Waals surface area contributed by atoms with E-state index in [2.05, 4.69) is 4.99 Å². The molecule has 0 aromatic heterocycles. The number of hydrogen-bond acceptors (Lipinski definition) is 6. The van der Waals surface area contributed by atoms with Gasteiger partial charge in [-0.25, -0.2) is 4.57 Å². The van der Waals surface area contributed by atoms with E-state index in [4.69, 9.17) is 37.5 Å². The van der Waals surface area contributed by atoms with Crippen molar-refractivity contribution in [3.63, 3.8) is 0 Å². The zero-order valence-electron chi connectivity index (χ0n) is 14.5. The molecule has 0 bridgehead atoms. The second-order valence-corrected chi connectivity index (χ2v) is 8.21. The highest BCUT2D eigenvalue weighted by Crippen LogP contribution is 2.49. The van der Waals surface area contributed by atoms with Crippen molar-refractivity contribution in [2.24, 2.45) is 4.99 Å². The molecule has 0 saturated carbocycles. The molecule has 2 aromatic rings. The lowest BCUT2D eigenvalue weighted by Crippen LogP contribution is -2.07.